The molecule has 4 rings (SSSR count). The fraction of sp³-hybridized carbons (Fsp3) is 0.429. The summed E-state index contributed by atoms with van der Waals surface area (Å²) in [6, 6.07) is 5.20. The normalized spacial score (nSPS) is 12.0. The van der Waals surface area contributed by atoms with Crippen LogP contribution in [0.1, 0.15) is 30.3 Å². The summed E-state index contributed by atoms with van der Waals surface area (Å²) in [7, 11) is 0. The maximum Gasteiger partial charge on any atom is 0.416 e. The van der Waals surface area contributed by atoms with Crippen molar-refractivity contribution < 1.29 is 17.9 Å². The summed E-state index contributed by atoms with van der Waals surface area (Å²) in [6.07, 6.45) is -4.35. The molecule has 0 fully saturated rings. The zero-order chi connectivity index (χ0) is 25.9. The van der Waals surface area contributed by atoms with Gasteiger partial charge in [0.25, 0.3) is 5.56 Å². The van der Waals surface area contributed by atoms with Crippen molar-refractivity contribution >= 4 is 22.8 Å². The molecule has 0 aliphatic heterocycles. The lowest BCUT2D eigenvalue weighted by Gasteiger charge is -2.11. The zero-order valence-corrected chi connectivity index (χ0v) is 19.9. The largest absolute Gasteiger partial charge is 0.416 e. The highest BCUT2D eigenvalue weighted by molar-refractivity contribution is 6.28. The van der Waals surface area contributed by atoms with Gasteiger partial charge in [0.05, 0.1) is 25.3 Å². The molecule has 11 nitrogen and oxygen atoms in total. The van der Waals surface area contributed by atoms with Gasteiger partial charge in [-0.3, -0.25) is 13.9 Å². The molecule has 36 heavy (non-hydrogen) atoms. The third-order valence-corrected chi connectivity index (χ3v) is 5.58. The second-order valence-corrected chi connectivity index (χ2v) is 8.16. The van der Waals surface area contributed by atoms with Crippen LogP contribution < -0.4 is 11.2 Å². The Balaban J connectivity index is 1.48. The minimum atomic E-state index is -4.49. The number of benzene rings is 1. The highest BCUT2D eigenvalue weighted by Crippen LogP contribution is 2.32. The minimum Gasteiger partial charge on any atom is -0.380 e. The summed E-state index contributed by atoms with van der Waals surface area (Å²) in [5.74, 6) is 0.121. The van der Waals surface area contributed by atoms with Crippen molar-refractivity contribution in [3.05, 3.63) is 67.3 Å². The van der Waals surface area contributed by atoms with Gasteiger partial charge in [-0.2, -0.15) is 23.0 Å². The highest BCUT2D eigenvalue weighted by atomic mass is 35.5. The second kappa shape index (κ2) is 10.6. The predicted octanol–water partition coefficient (Wildman–Crippen LogP) is 2.26. The van der Waals surface area contributed by atoms with Gasteiger partial charge in [-0.1, -0.05) is 18.2 Å². The zero-order valence-electron chi connectivity index (χ0n) is 19.1. The van der Waals surface area contributed by atoms with Crippen LogP contribution >= 0.6 is 11.6 Å². The Hall–Kier alpha value is -3.52. The molecular formula is C21H22ClF3N8O3. The molecular weight excluding hydrogens is 505 g/mol. The van der Waals surface area contributed by atoms with E-state index in [1.807, 2.05) is 6.92 Å². The molecule has 0 aliphatic rings. The number of fused-ring (bicyclic) bond motifs is 1. The monoisotopic (exact) mass is 526 g/mol. The number of aryl methyl sites for hydroxylation is 1. The molecule has 0 spiro atoms. The van der Waals surface area contributed by atoms with Crippen LogP contribution in [0.5, 0.6) is 0 Å². The van der Waals surface area contributed by atoms with Gasteiger partial charge in [-0.15, -0.1) is 10.2 Å². The van der Waals surface area contributed by atoms with Crippen molar-refractivity contribution in [2.75, 3.05) is 13.2 Å². The topological polar surface area (TPSA) is 126 Å². The van der Waals surface area contributed by atoms with E-state index < -0.39 is 23.0 Å². The Kier molecular flexibility index (Phi) is 7.54. The molecule has 0 radical (unpaired) electrons. The van der Waals surface area contributed by atoms with E-state index in [-0.39, 0.29) is 66.9 Å². The number of nitrogens with one attached hydrogen (secondary N) is 1. The Bertz CT molecular complexity index is 1470. The van der Waals surface area contributed by atoms with Gasteiger partial charge in [0.2, 0.25) is 5.28 Å². The lowest BCUT2D eigenvalue weighted by atomic mass is 10.0. The molecule has 3 heterocycles. The third-order valence-electron chi connectivity index (χ3n) is 5.40. The average molecular weight is 527 g/mol. The number of imidazole rings is 1. The molecule has 0 atom stereocenters. The molecule has 0 saturated carbocycles. The van der Waals surface area contributed by atoms with Crippen molar-refractivity contribution in [1.82, 2.24) is 39.3 Å². The molecule has 1 N–H and O–H groups in total. The third kappa shape index (κ3) is 5.49. The van der Waals surface area contributed by atoms with Crippen LogP contribution in [-0.2, 0) is 37.0 Å². The van der Waals surface area contributed by atoms with Crippen LogP contribution in [0.15, 0.2) is 33.9 Å². The smallest absolute Gasteiger partial charge is 0.380 e. The molecule has 0 saturated heterocycles. The summed E-state index contributed by atoms with van der Waals surface area (Å²) < 4.78 is 47.4. The van der Waals surface area contributed by atoms with E-state index >= 15 is 0 Å². The number of alkyl halides is 3. The van der Waals surface area contributed by atoms with Crippen molar-refractivity contribution in [1.29, 1.82) is 0 Å². The number of H-pyrrole nitrogens is 1. The van der Waals surface area contributed by atoms with Gasteiger partial charge in [0.15, 0.2) is 17.0 Å². The highest BCUT2D eigenvalue weighted by Gasteiger charge is 2.33. The first-order chi connectivity index (χ1) is 17.2. The minimum absolute atomic E-state index is 0.0177. The van der Waals surface area contributed by atoms with Gasteiger partial charge in [-0.25, -0.2) is 4.79 Å². The van der Waals surface area contributed by atoms with Crippen LogP contribution in [0.25, 0.3) is 11.2 Å². The first-order valence-electron chi connectivity index (χ1n) is 11.1. The number of hydrogen-bond acceptors (Lipinski definition) is 7. The summed E-state index contributed by atoms with van der Waals surface area (Å²) in [5.41, 5.74) is -1.61. The lowest BCUT2D eigenvalue weighted by molar-refractivity contribution is -0.138. The van der Waals surface area contributed by atoms with Gasteiger partial charge in [0, 0.05) is 19.6 Å². The van der Waals surface area contributed by atoms with E-state index in [2.05, 4.69) is 25.4 Å². The van der Waals surface area contributed by atoms with E-state index in [0.29, 0.717) is 6.61 Å². The SMILES string of the molecule is CCOCCn1c(=O)n(CCCn2nnc(Cc3ccccc3C(F)(F)F)n2)c(=O)c2[nH]c(Cl)nc21. The number of nitrogens with zero attached hydrogens (tertiary/aromatic N) is 7. The lowest BCUT2D eigenvalue weighted by Crippen LogP contribution is -2.41. The molecule has 4 aromatic rings. The van der Waals surface area contributed by atoms with Crippen molar-refractivity contribution in [3.8, 4) is 0 Å². The van der Waals surface area contributed by atoms with Crippen LogP contribution in [0.2, 0.25) is 5.28 Å². The van der Waals surface area contributed by atoms with Gasteiger partial charge in [-0.05, 0) is 41.8 Å². The fourth-order valence-corrected chi connectivity index (χ4v) is 3.95. The summed E-state index contributed by atoms with van der Waals surface area (Å²) in [6.45, 7) is 2.93. The molecule has 0 bridgehead atoms. The number of tetrazole rings is 1. The standard InChI is InChI=1S/C21H22ClF3N8O3/c1-2-36-11-10-31-17-16(26-19(22)27-17)18(34)32(20(31)35)8-5-9-33-29-15(28-30-33)12-13-6-3-4-7-14(13)21(23,24)25/h3-4,6-7H,2,5,8-12H2,1H3,(H,26,27). The van der Waals surface area contributed by atoms with Gasteiger partial charge in [0.1, 0.15) is 0 Å². The van der Waals surface area contributed by atoms with Crippen LogP contribution in [0.4, 0.5) is 13.2 Å². The van der Waals surface area contributed by atoms with Gasteiger partial charge < -0.3 is 9.72 Å². The van der Waals surface area contributed by atoms with E-state index in [9.17, 15) is 22.8 Å². The number of aromatic nitrogens is 8. The summed E-state index contributed by atoms with van der Waals surface area (Å²) >= 11 is 5.92. The maximum absolute atomic E-state index is 13.2. The first-order valence-corrected chi connectivity index (χ1v) is 11.4. The Labute approximate surface area is 206 Å². The van der Waals surface area contributed by atoms with E-state index in [0.717, 1.165) is 10.6 Å². The molecule has 1 aromatic carbocycles. The quantitative estimate of drug-likeness (QED) is 0.248. The van der Waals surface area contributed by atoms with Crippen LogP contribution in [-0.4, -0.2) is 52.5 Å². The number of hydrogen-bond donors (Lipinski definition) is 1. The first kappa shape index (κ1) is 25.6. The van der Waals surface area contributed by atoms with Crippen LogP contribution in [0.3, 0.4) is 0 Å². The fourth-order valence-electron chi connectivity index (χ4n) is 3.77. The van der Waals surface area contributed by atoms with Crippen molar-refractivity contribution in [3.63, 3.8) is 0 Å². The molecule has 192 valence electrons. The molecule has 3 aromatic heterocycles. The van der Waals surface area contributed by atoms with Crippen molar-refractivity contribution in [2.24, 2.45) is 0 Å². The predicted molar refractivity (Wildman–Crippen MR) is 123 cm³/mol. The van der Waals surface area contributed by atoms with E-state index in [1.54, 1.807) is 0 Å². The summed E-state index contributed by atoms with van der Waals surface area (Å²) in [5, 5.41) is 11.8. The Morgan fingerprint density at radius 1 is 1.11 bits per heavy atom. The number of rotatable bonds is 10. The maximum atomic E-state index is 13.2. The summed E-state index contributed by atoms with van der Waals surface area (Å²) in [4.78, 5) is 33.8. The number of ether oxygens (including phenoxy) is 1. The Morgan fingerprint density at radius 2 is 1.89 bits per heavy atom. The molecule has 15 heteroatoms. The average Bonchev–Trinajstić information content (AvgIpc) is 3.44. The van der Waals surface area contributed by atoms with Crippen LogP contribution in [0, 0.1) is 0 Å². The number of halogens is 4. The number of aromatic amines is 1. The van der Waals surface area contributed by atoms with Crippen molar-refractivity contribution in [2.45, 2.75) is 45.6 Å². The van der Waals surface area contributed by atoms with E-state index in [1.165, 1.54) is 27.6 Å². The second-order valence-electron chi connectivity index (χ2n) is 7.80. The van der Waals surface area contributed by atoms with E-state index in [4.69, 9.17) is 16.3 Å². The molecule has 0 aliphatic carbocycles. The molecule has 0 unspecified atom stereocenters. The Morgan fingerprint density at radius 3 is 2.64 bits per heavy atom. The molecule has 0 amide bonds. The van der Waals surface area contributed by atoms with Gasteiger partial charge >= 0.3 is 11.9 Å².